The summed E-state index contributed by atoms with van der Waals surface area (Å²) in [6.45, 7) is 1.08. The van der Waals surface area contributed by atoms with Gasteiger partial charge in [0, 0.05) is 53.9 Å². The van der Waals surface area contributed by atoms with Crippen LogP contribution in [0.2, 0.25) is 5.02 Å². The molecule has 1 unspecified atom stereocenters. The van der Waals surface area contributed by atoms with Gasteiger partial charge < -0.3 is 24.8 Å². The first-order valence-corrected chi connectivity index (χ1v) is 13.9. The van der Waals surface area contributed by atoms with Crippen molar-refractivity contribution in [1.82, 2.24) is 15.6 Å². The minimum Gasteiger partial charge on any atom is -0.480 e. The first-order chi connectivity index (χ1) is 20.4. The van der Waals surface area contributed by atoms with Crippen LogP contribution in [-0.4, -0.2) is 56.9 Å². The van der Waals surface area contributed by atoms with Crippen LogP contribution >= 0.6 is 11.6 Å². The molecule has 0 saturated carbocycles. The van der Waals surface area contributed by atoms with E-state index in [0.717, 1.165) is 24.9 Å². The average molecular weight is 599 g/mol. The number of nitrogens with one attached hydrogen (secondary N) is 2. The number of fused-ring (bicyclic) bond motifs is 1. The van der Waals surface area contributed by atoms with E-state index in [9.17, 15) is 4.79 Å². The number of nitrogens with zero attached hydrogens (tertiary/aromatic N) is 4. The summed E-state index contributed by atoms with van der Waals surface area (Å²) in [5.41, 5.74) is 8.42. The second-order valence-corrected chi connectivity index (χ2v) is 10.2. The summed E-state index contributed by atoms with van der Waals surface area (Å²) in [6.07, 6.45) is 3.19. The van der Waals surface area contributed by atoms with Crippen LogP contribution in [0, 0.1) is 11.6 Å². The number of carbonyl (C=O) groups excluding carboxylic acids is 1. The van der Waals surface area contributed by atoms with Crippen LogP contribution in [0.3, 0.4) is 0 Å². The van der Waals surface area contributed by atoms with Gasteiger partial charge in [-0.1, -0.05) is 47.0 Å². The Balaban J connectivity index is 1.59. The Labute approximate surface area is 246 Å². The molecule has 2 aromatic carbocycles. The van der Waals surface area contributed by atoms with Gasteiger partial charge in [-0.25, -0.2) is 13.8 Å². The van der Waals surface area contributed by atoms with Crippen molar-refractivity contribution < 1.29 is 27.8 Å². The third-order valence-corrected chi connectivity index (χ3v) is 7.85. The molecule has 0 radical (unpaired) electrons. The molecule has 10 nitrogen and oxygen atoms in total. The predicted octanol–water partition coefficient (Wildman–Crippen LogP) is 5.33. The summed E-state index contributed by atoms with van der Waals surface area (Å²) >= 11 is 6.58. The standard InChI is InChI=1S/C29H29ClF2N6O4/c1-34-27(39)19-16-36-28(41-13-12-40-11-10-37-38-33)26(32)24(19)23-18-15-29(22-8-5-9-35-22,17-6-3-2-4-7-17)42-21(18)14-20(31)25(23)30/h2-4,6-7,14,16,22,35H,5,8-13,15H2,1H3,(H,34,39)/t22-,29?/m0/s1. The van der Waals surface area contributed by atoms with E-state index in [1.54, 1.807) is 0 Å². The molecule has 2 aliphatic rings. The topological polar surface area (TPSA) is 130 Å². The third kappa shape index (κ3) is 5.58. The number of rotatable bonds is 11. The number of pyridine rings is 1. The number of hydrogen-bond donors (Lipinski definition) is 2. The van der Waals surface area contributed by atoms with Gasteiger partial charge in [-0.15, -0.1) is 0 Å². The van der Waals surface area contributed by atoms with Crippen LogP contribution < -0.4 is 20.1 Å². The molecular formula is C29H29ClF2N6O4. The number of aromatic nitrogens is 1. The summed E-state index contributed by atoms with van der Waals surface area (Å²) in [6, 6.07) is 10.7. The Morgan fingerprint density at radius 2 is 2.10 bits per heavy atom. The second kappa shape index (κ2) is 12.9. The number of ether oxygens (including phenoxy) is 3. The molecule has 1 amide bonds. The summed E-state index contributed by atoms with van der Waals surface area (Å²) in [5.74, 6) is -2.61. The first kappa shape index (κ1) is 29.5. The largest absolute Gasteiger partial charge is 0.480 e. The van der Waals surface area contributed by atoms with Crippen LogP contribution in [0.25, 0.3) is 21.6 Å². The van der Waals surface area contributed by atoms with Gasteiger partial charge in [-0.05, 0) is 30.5 Å². The van der Waals surface area contributed by atoms with Crippen LogP contribution in [0.15, 0.2) is 47.7 Å². The van der Waals surface area contributed by atoms with Crippen LogP contribution in [0.1, 0.15) is 34.3 Å². The molecule has 0 bridgehead atoms. The molecule has 3 aromatic rings. The normalized spacial score (nSPS) is 19.1. The Morgan fingerprint density at radius 3 is 2.81 bits per heavy atom. The molecule has 5 rings (SSSR count). The number of azide groups is 1. The first-order valence-electron chi connectivity index (χ1n) is 13.5. The molecule has 1 saturated heterocycles. The van der Waals surface area contributed by atoms with E-state index in [1.807, 2.05) is 30.3 Å². The number of carbonyl (C=O) groups is 1. The molecule has 42 heavy (non-hydrogen) atoms. The van der Waals surface area contributed by atoms with E-state index in [1.165, 1.54) is 19.3 Å². The Hall–Kier alpha value is -3.96. The Kier molecular flexibility index (Phi) is 9.08. The molecule has 1 fully saturated rings. The van der Waals surface area contributed by atoms with Gasteiger partial charge in [-0.3, -0.25) is 4.79 Å². The molecule has 2 aliphatic heterocycles. The van der Waals surface area contributed by atoms with Crippen LogP contribution in [0.5, 0.6) is 11.6 Å². The zero-order valence-corrected chi connectivity index (χ0v) is 23.6. The maximum atomic E-state index is 16.3. The van der Waals surface area contributed by atoms with Crippen molar-refractivity contribution in [3.8, 4) is 22.8 Å². The summed E-state index contributed by atoms with van der Waals surface area (Å²) in [5, 5.41) is 9.02. The van der Waals surface area contributed by atoms with Crippen molar-refractivity contribution in [1.29, 1.82) is 0 Å². The van der Waals surface area contributed by atoms with Crippen molar-refractivity contribution in [2.24, 2.45) is 5.11 Å². The fourth-order valence-corrected chi connectivity index (χ4v) is 5.86. The van der Waals surface area contributed by atoms with Gasteiger partial charge in [0.15, 0.2) is 11.4 Å². The van der Waals surface area contributed by atoms with Gasteiger partial charge in [0.2, 0.25) is 0 Å². The maximum Gasteiger partial charge on any atom is 0.253 e. The van der Waals surface area contributed by atoms with E-state index in [0.29, 0.717) is 5.56 Å². The molecule has 13 heteroatoms. The van der Waals surface area contributed by atoms with E-state index in [-0.39, 0.29) is 66.3 Å². The molecular weight excluding hydrogens is 570 g/mol. The molecule has 1 aromatic heterocycles. The van der Waals surface area contributed by atoms with Gasteiger partial charge in [0.1, 0.15) is 18.2 Å². The summed E-state index contributed by atoms with van der Waals surface area (Å²) < 4.78 is 49.2. The lowest BCUT2D eigenvalue weighted by Gasteiger charge is -2.35. The quantitative estimate of drug-likeness (QED) is 0.133. The highest BCUT2D eigenvalue weighted by Gasteiger charge is 2.50. The molecule has 3 heterocycles. The highest BCUT2D eigenvalue weighted by molar-refractivity contribution is 6.34. The van der Waals surface area contributed by atoms with Gasteiger partial charge in [-0.2, -0.15) is 0 Å². The Morgan fingerprint density at radius 1 is 1.29 bits per heavy atom. The molecule has 0 aliphatic carbocycles. The SMILES string of the molecule is CNC(=O)c1cnc(OCCOCCN=[N+]=[N-])c(F)c1-c1c(Cl)c(F)cc2c1CC(c1ccccc1)([C@@H]1CCCN1)O2. The van der Waals surface area contributed by atoms with E-state index < -0.39 is 29.0 Å². The van der Waals surface area contributed by atoms with E-state index in [4.69, 9.17) is 31.3 Å². The van der Waals surface area contributed by atoms with Crippen molar-refractivity contribution >= 4 is 17.5 Å². The van der Waals surface area contributed by atoms with Crippen molar-refractivity contribution in [3.63, 3.8) is 0 Å². The van der Waals surface area contributed by atoms with Crippen molar-refractivity contribution in [3.05, 3.63) is 86.4 Å². The zero-order valence-electron chi connectivity index (χ0n) is 22.8. The fraction of sp³-hybridized carbons (Fsp3) is 0.379. The van der Waals surface area contributed by atoms with Crippen LogP contribution in [0.4, 0.5) is 8.78 Å². The number of benzene rings is 2. The monoisotopic (exact) mass is 598 g/mol. The van der Waals surface area contributed by atoms with Gasteiger partial charge in [0.25, 0.3) is 11.8 Å². The molecule has 0 spiro atoms. The van der Waals surface area contributed by atoms with Crippen molar-refractivity contribution in [2.45, 2.75) is 30.9 Å². The highest BCUT2D eigenvalue weighted by atomic mass is 35.5. The predicted molar refractivity (Wildman–Crippen MR) is 152 cm³/mol. The zero-order chi connectivity index (χ0) is 29.7. The van der Waals surface area contributed by atoms with Crippen LogP contribution in [-0.2, 0) is 16.8 Å². The van der Waals surface area contributed by atoms with E-state index >= 15 is 8.78 Å². The number of amides is 1. The average Bonchev–Trinajstić information content (AvgIpc) is 3.68. The number of hydrogen-bond acceptors (Lipinski definition) is 7. The van der Waals surface area contributed by atoms with Crippen molar-refractivity contribution in [2.75, 3.05) is 40.0 Å². The third-order valence-electron chi connectivity index (χ3n) is 7.48. The van der Waals surface area contributed by atoms with Gasteiger partial charge in [0.05, 0.1) is 29.8 Å². The number of halogens is 3. The lowest BCUT2D eigenvalue weighted by atomic mass is 9.80. The Bertz CT molecular complexity index is 1520. The maximum absolute atomic E-state index is 16.3. The van der Waals surface area contributed by atoms with E-state index in [2.05, 4.69) is 25.6 Å². The lowest BCUT2D eigenvalue weighted by molar-refractivity contribution is 0.0539. The minimum absolute atomic E-state index is 0.0106. The molecule has 2 N–H and O–H groups in total. The highest BCUT2D eigenvalue weighted by Crippen LogP contribution is 2.52. The van der Waals surface area contributed by atoms with Gasteiger partial charge >= 0.3 is 0 Å². The summed E-state index contributed by atoms with van der Waals surface area (Å²) in [4.78, 5) is 19.6. The minimum atomic E-state index is -0.976. The second-order valence-electron chi connectivity index (χ2n) is 9.87. The molecule has 2 atom stereocenters. The fourth-order valence-electron chi connectivity index (χ4n) is 5.59. The smallest absolute Gasteiger partial charge is 0.253 e. The summed E-state index contributed by atoms with van der Waals surface area (Å²) in [7, 11) is 1.40. The molecule has 220 valence electrons. The lowest BCUT2D eigenvalue weighted by Crippen LogP contribution is -2.48.